The quantitative estimate of drug-likeness (QED) is 0.741. The number of benzene rings is 2. The summed E-state index contributed by atoms with van der Waals surface area (Å²) in [7, 11) is 0. The molecule has 0 atom stereocenters. The second-order valence-electron chi connectivity index (χ2n) is 4.65. The topological polar surface area (TPSA) is 50.4 Å². The van der Waals surface area contributed by atoms with E-state index >= 15 is 0 Å². The normalized spacial score (nSPS) is 10.1. The van der Waals surface area contributed by atoms with E-state index in [2.05, 4.69) is 26.6 Å². The Hall–Kier alpha value is -1.72. The zero-order valence-corrected chi connectivity index (χ0v) is 14.4. The van der Waals surface area contributed by atoms with E-state index in [-0.39, 0.29) is 6.03 Å². The number of hydrogen-bond donors (Lipinski definition) is 2. The van der Waals surface area contributed by atoms with Crippen molar-refractivity contribution in [3.63, 3.8) is 0 Å². The van der Waals surface area contributed by atoms with Crippen molar-refractivity contribution in [2.75, 3.05) is 18.5 Å². The van der Waals surface area contributed by atoms with Crippen molar-refractivity contribution in [2.24, 2.45) is 0 Å². The van der Waals surface area contributed by atoms with E-state index in [1.807, 2.05) is 25.1 Å². The van der Waals surface area contributed by atoms with Crippen LogP contribution in [0.1, 0.15) is 5.56 Å². The van der Waals surface area contributed by atoms with E-state index in [0.717, 1.165) is 15.7 Å². The number of rotatable bonds is 5. The first kappa shape index (κ1) is 16.6. The van der Waals surface area contributed by atoms with Gasteiger partial charge in [-0.1, -0.05) is 33.6 Å². The fraction of sp³-hybridized carbons (Fsp3) is 0.188. The van der Waals surface area contributed by atoms with Gasteiger partial charge in [0.05, 0.1) is 6.54 Å². The molecule has 0 aliphatic rings. The molecule has 0 radical (unpaired) electrons. The molecule has 0 saturated carbocycles. The number of urea groups is 1. The molecule has 0 spiro atoms. The third kappa shape index (κ3) is 5.24. The van der Waals surface area contributed by atoms with Crippen LogP contribution < -0.4 is 15.4 Å². The molecule has 2 aromatic rings. The van der Waals surface area contributed by atoms with E-state index in [4.69, 9.17) is 16.3 Å². The molecule has 0 aliphatic heterocycles. The van der Waals surface area contributed by atoms with Gasteiger partial charge in [-0.15, -0.1) is 0 Å². The second-order valence-corrected chi connectivity index (χ2v) is 5.94. The number of halogens is 2. The minimum absolute atomic E-state index is 0.268. The van der Waals surface area contributed by atoms with E-state index in [9.17, 15) is 4.79 Å². The molecule has 0 aliphatic carbocycles. The summed E-state index contributed by atoms with van der Waals surface area (Å²) < 4.78 is 6.44. The third-order valence-electron chi connectivity index (χ3n) is 2.90. The van der Waals surface area contributed by atoms with Gasteiger partial charge >= 0.3 is 6.03 Å². The first-order valence-electron chi connectivity index (χ1n) is 6.74. The lowest BCUT2D eigenvalue weighted by atomic mass is 10.2. The summed E-state index contributed by atoms with van der Waals surface area (Å²) in [5.74, 6) is 0.717. The summed E-state index contributed by atoms with van der Waals surface area (Å²) in [6, 6.07) is 12.5. The maximum absolute atomic E-state index is 11.8. The third-order valence-corrected chi connectivity index (χ3v) is 4.01. The molecule has 0 bridgehead atoms. The highest BCUT2D eigenvalue weighted by Gasteiger charge is 2.03. The Morgan fingerprint density at radius 1 is 1.23 bits per heavy atom. The van der Waals surface area contributed by atoms with Gasteiger partial charge < -0.3 is 15.4 Å². The number of anilines is 1. The van der Waals surface area contributed by atoms with Gasteiger partial charge in [-0.2, -0.15) is 0 Å². The summed E-state index contributed by atoms with van der Waals surface area (Å²) in [5.41, 5.74) is 1.84. The number of carbonyl (C=O) groups excluding carboxylic acids is 1. The highest BCUT2D eigenvalue weighted by molar-refractivity contribution is 9.10. The van der Waals surface area contributed by atoms with E-state index in [0.29, 0.717) is 23.9 Å². The summed E-state index contributed by atoms with van der Waals surface area (Å²) >= 11 is 9.22. The molecule has 6 heteroatoms. The van der Waals surface area contributed by atoms with Gasteiger partial charge in [-0.25, -0.2) is 4.79 Å². The molecule has 0 unspecified atom stereocenters. The van der Waals surface area contributed by atoms with E-state index < -0.39 is 0 Å². The molecule has 0 saturated heterocycles. The summed E-state index contributed by atoms with van der Waals surface area (Å²) in [5, 5.41) is 6.15. The molecule has 2 rings (SSSR count). The van der Waals surface area contributed by atoms with Gasteiger partial charge in [0.15, 0.2) is 0 Å². The van der Waals surface area contributed by atoms with Gasteiger partial charge in [0.1, 0.15) is 12.4 Å². The Morgan fingerprint density at radius 3 is 2.64 bits per heavy atom. The predicted molar refractivity (Wildman–Crippen MR) is 92.8 cm³/mol. The van der Waals surface area contributed by atoms with Crippen molar-refractivity contribution in [1.82, 2.24) is 5.32 Å². The molecule has 0 fully saturated rings. The van der Waals surface area contributed by atoms with Crippen LogP contribution in [-0.2, 0) is 0 Å². The molecule has 2 aromatic carbocycles. The van der Waals surface area contributed by atoms with Crippen molar-refractivity contribution in [3.8, 4) is 5.75 Å². The lowest BCUT2D eigenvalue weighted by Crippen LogP contribution is -2.32. The zero-order chi connectivity index (χ0) is 15.9. The molecule has 0 aromatic heterocycles. The molecular formula is C16H16BrClN2O2. The Bertz CT molecular complexity index is 647. The predicted octanol–water partition coefficient (Wildman–Crippen LogP) is 4.61. The minimum atomic E-state index is -0.268. The Kier molecular flexibility index (Phi) is 6.10. The van der Waals surface area contributed by atoms with E-state index in [1.54, 1.807) is 24.3 Å². The Labute approximate surface area is 142 Å². The molecular weight excluding hydrogens is 368 g/mol. The highest BCUT2D eigenvalue weighted by atomic mass is 79.9. The van der Waals surface area contributed by atoms with Gasteiger partial charge in [-0.3, -0.25) is 0 Å². The van der Waals surface area contributed by atoms with Crippen LogP contribution in [0.25, 0.3) is 0 Å². The highest BCUT2D eigenvalue weighted by Crippen LogP contribution is 2.20. The maximum atomic E-state index is 11.8. The zero-order valence-electron chi connectivity index (χ0n) is 12.0. The smallest absolute Gasteiger partial charge is 0.319 e. The van der Waals surface area contributed by atoms with Gasteiger partial charge in [0.25, 0.3) is 0 Å². The van der Waals surface area contributed by atoms with Gasteiger partial charge in [0.2, 0.25) is 0 Å². The first-order chi connectivity index (χ1) is 10.5. The van der Waals surface area contributed by atoms with Crippen LogP contribution in [0.2, 0.25) is 5.02 Å². The summed E-state index contributed by atoms with van der Waals surface area (Å²) in [4.78, 5) is 11.8. The number of amides is 2. The molecule has 0 heterocycles. The maximum Gasteiger partial charge on any atom is 0.319 e. The average molecular weight is 384 g/mol. The van der Waals surface area contributed by atoms with Crippen LogP contribution in [0.3, 0.4) is 0 Å². The van der Waals surface area contributed by atoms with Crippen LogP contribution in [0, 0.1) is 6.92 Å². The molecule has 22 heavy (non-hydrogen) atoms. The van der Waals surface area contributed by atoms with Crippen molar-refractivity contribution in [1.29, 1.82) is 0 Å². The minimum Gasteiger partial charge on any atom is -0.492 e. The number of ether oxygens (including phenoxy) is 1. The van der Waals surface area contributed by atoms with Gasteiger partial charge in [-0.05, 0) is 48.9 Å². The number of aryl methyl sites for hydroxylation is 1. The Balaban J connectivity index is 1.71. The average Bonchev–Trinajstić information content (AvgIpc) is 2.49. The largest absolute Gasteiger partial charge is 0.492 e. The SMILES string of the molecule is Cc1ccc(NC(=O)NCCOc2ccc(Cl)cc2)cc1Br. The van der Waals surface area contributed by atoms with Crippen molar-refractivity contribution in [2.45, 2.75) is 6.92 Å². The first-order valence-corrected chi connectivity index (χ1v) is 7.91. The number of nitrogens with one attached hydrogen (secondary N) is 2. The molecule has 2 amide bonds. The standard InChI is InChI=1S/C16H16BrClN2O2/c1-11-2-5-13(10-15(11)17)20-16(21)19-8-9-22-14-6-3-12(18)4-7-14/h2-7,10H,8-9H2,1H3,(H2,19,20,21). The van der Waals surface area contributed by atoms with Gasteiger partial charge in [0, 0.05) is 15.2 Å². The van der Waals surface area contributed by atoms with Crippen LogP contribution in [0.4, 0.5) is 10.5 Å². The van der Waals surface area contributed by atoms with Crippen LogP contribution in [0.5, 0.6) is 5.75 Å². The number of hydrogen-bond acceptors (Lipinski definition) is 2. The van der Waals surface area contributed by atoms with Crippen molar-refractivity contribution in [3.05, 3.63) is 57.5 Å². The molecule has 2 N–H and O–H groups in total. The monoisotopic (exact) mass is 382 g/mol. The molecule has 4 nitrogen and oxygen atoms in total. The lowest BCUT2D eigenvalue weighted by molar-refractivity contribution is 0.247. The summed E-state index contributed by atoms with van der Waals surface area (Å²) in [6.07, 6.45) is 0. The fourth-order valence-electron chi connectivity index (χ4n) is 1.71. The van der Waals surface area contributed by atoms with Crippen LogP contribution in [0.15, 0.2) is 46.9 Å². The fourth-order valence-corrected chi connectivity index (χ4v) is 2.21. The second kappa shape index (κ2) is 8.06. The Morgan fingerprint density at radius 2 is 1.95 bits per heavy atom. The van der Waals surface area contributed by atoms with Crippen LogP contribution in [-0.4, -0.2) is 19.2 Å². The molecule has 116 valence electrons. The van der Waals surface area contributed by atoms with Crippen LogP contribution >= 0.6 is 27.5 Å². The van der Waals surface area contributed by atoms with Crippen molar-refractivity contribution < 1.29 is 9.53 Å². The van der Waals surface area contributed by atoms with Crippen molar-refractivity contribution >= 4 is 39.2 Å². The number of carbonyl (C=O) groups is 1. The summed E-state index contributed by atoms with van der Waals surface area (Å²) in [6.45, 7) is 2.77. The lowest BCUT2D eigenvalue weighted by Gasteiger charge is -2.10. The van der Waals surface area contributed by atoms with E-state index in [1.165, 1.54) is 0 Å².